The van der Waals surface area contributed by atoms with Gasteiger partial charge in [-0.2, -0.15) is 0 Å². The maximum absolute atomic E-state index is 6.54. The molecule has 0 aliphatic heterocycles. The average Bonchev–Trinajstić information content (AvgIpc) is 3.85. The van der Waals surface area contributed by atoms with Crippen LogP contribution >= 0.6 is 11.3 Å². The van der Waals surface area contributed by atoms with E-state index in [0.717, 1.165) is 55.5 Å². The van der Waals surface area contributed by atoms with Crippen LogP contribution in [0, 0.1) is 0 Å². The number of nitrogens with zero attached hydrogens (tertiary/aromatic N) is 2. The molecule has 234 valence electrons. The van der Waals surface area contributed by atoms with Gasteiger partial charge in [0.25, 0.3) is 0 Å². The van der Waals surface area contributed by atoms with Gasteiger partial charge in [-0.1, -0.05) is 97.1 Å². The third-order valence-corrected chi connectivity index (χ3v) is 11.3. The SMILES string of the molecule is c1ccc(-n2c3ccccc3c3cc(N(c4ccc5sc6ccccc6c5c4)c4cc5c6ccccc6oc5c5ccccc45)ccc32)cc1. The Bertz CT molecular complexity index is 3110. The highest BCUT2D eigenvalue weighted by atomic mass is 32.1. The molecule has 11 rings (SSSR count). The molecular formula is C46H28N2OS. The fourth-order valence-electron chi connectivity index (χ4n) is 7.95. The van der Waals surface area contributed by atoms with Crippen LogP contribution in [0.1, 0.15) is 0 Å². The lowest BCUT2D eigenvalue weighted by molar-refractivity contribution is 0.672. The molecule has 11 aromatic rings. The summed E-state index contributed by atoms with van der Waals surface area (Å²) in [6.07, 6.45) is 0. The first-order chi connectivity index (χ1) is 24.8. The minimum absolute atomic E-state index is 0.901. The molecule has 3 heterocycles. The van der Waals surface area contributed by atoms with Gasteiger partial charge in [-0.25, -0.2) is 0 Å². The van der Waals surface area contributed by atoms with Crippen LogP contribution in [0.25, 0.3) is 80.4 Å². The van der Waals surface area contributed by atoms with Crippen molar-refractivity contribution in [2.24, 2.45) is 0 Å². The highest BCUT2D eigenvalue weighted by Crippen LogP contribution is 2.47. The van der Waals surface area contributed by atoms with E-state index in [-0.39, 0.29) is 0 Å². The molecule has 0 amide bonds. The Balaban J connectivity index is 1.24. The number of anilines is 3. The molecule has 0 unspecified atom stereocenters. The van der Waals surface area contributed by atoms with Crippen LogP contribution in [0.4, 0.5) is 17.1 Å². The molecule has 3 aromatic heterocycles. The minimum atomic E-state index is 0.901. The van der Waals surface area contributed by atoms with Gasteiger partial charge < -0.3 is 13.9 Å². The molecule has 3 nitrogen and oxygen atoms in total. The summed E-state index contributed by atoms with van der Waals surface area (Å²) in [5.41, 5.74) is 8.69. The number of benzene rings is 8. The smallest absolute Gasteiger partial charge is 0.143 e. The lowest BCUT2D eigenvalue weighted by Crippen LogP contribution is -2.10. The molecule has 0 saturated carbocycles. The third kappa shape index (κ3) is 3.97. The number of fused-ring (bicyclic) bond motifs is 11. The Morgan fingerprint density at radius 2 is 1.04 bits per heavy atom. The van der Waals surface area contributed by atoms with Crippen LogP contribution < -0.4 is 4.90 Å². The first-order valence-electron chi connectivity index (χ1n) is 16.9. The van der Waals surface area contributed by atoms with Crippen molar-refractivity contribution in [2.45, 2.75) is 0 Å². The predicted molar refractivity (Wildman–Crippen MR) is 213 cm³/mol. The summed E-state index contributed by atoms with van der Waals surface area (Å²) >= 11 is 1.85. The molecule has 0 aliphatic carbocycles. The zero-order chi connectivity index (χ0) is 32.8. The van der Waals surface area contributed by atoms with Crippen molar-refractivity contribution < 1.29 is 4.42 Å². The first-order valence-corrected chi connectivity index (χ1v) is 17.7. The molecule has 0 saturated heterocycles. The lowest BCUT2D eigenvalue weighted by atomic mass is 10.0. The number of thiophene rings is 1. The normalized spacial score (nSPS) is 12.0. The van der Waals surface area contributed by atoms with Crippen molar-refractivity contribution >= 4 is 103 Å². The fraction of sp³-hybridized carbons (Fsp3) is 0. The Morgan fingerprint density at radius 1 is 0.420 bits per heavy atom. The summed E-state index contributed by atoms with van der Waals surface area (Å²) in [5.74, 6) is 0. The van der Waals surface area contributed by atoms with Gasteiger partial charge in [-0.05, 0) is 72.8 Å². The second-order valence-electron chi connectivity index (χ2n) is 12.9. The largest absolute Gasteiger partial charge is 0.455 e. The Morgan fingerprint density at radius 3 is 1.90 bits per heavy atom. The van der Waals surface area contributed by atoms with Crippen LogP contribution in [0.2, 0.25) is 0 Å². The Labute approximate surface area is 291 Å². The summed E-state index contributed by atoms with van der Waals surface area (Å²) < 4.78 is 11.5. The van der Waals surface area contributed by atoms with Crippen molar-refractivity contribution in [3.63, 3.8) is 0 Å². The van der Waals surface area contributed by atoms with E-state index in [1.165, 1.54) is 42.0 Å². The lowest BCUT2D eigenvalue weighted by Gasteiger charge is -2.27. The molecule has 0 spiro atoms. The van der Waals surface area contributed by atoms with E-state index in [1.807, 2.05) is 17.4 Å². The van der Waals surface area contributed by atoms with E-state index < -0.39 is 0 Å². The molecular weight excluding hydrogens is 629 g/mol. The molecule has 0 bridgehead atoms. The van der Waals surface area contributed by atoms with Crippen LogP contribution in [-0.4, -0.2) is 4.57 Å². The zero-order valence-electron chi connectivity index (χ0n) is 26.9. The molecule has 0 N–H and O–H groups in total. The Kier molecular flexibility index (Phi) is 5.83. The summed E-state index contributed by atoms with van der Waals surface area (Å²) in [4.78, 5) is 2.45. The number of para-hydroxylation sites is 3. The van der Waals surface area contributed by atoms with Gasteiger partial charge in [0.2, 0.25) is 0 Å². The number of furan rings is 1. The number of hydrogen-bond donors (Lipinski definition) is 0. The minimum Gasteiger partial charge on any atom is -0.455 e. The molecule has 0 radical (unpaired) electrons. The first kappa shape index (κ1) is 27.6. The molecule has 4 heteroatoms. The van der Waals surface area contributed by atoms with E-state index >= 15 is 0 Å². The second kappa shape index (κ2) is 10.6. The maximum atomic E-state index is 6.54. The van der Waals surface area contributed by atoms with Crippen molar-refractivity contribution in [3.05, 3.63) is 170 Å². The number of aromatic nitrogens is 1. The average molecular weight is 657 g/mol. The van der Waals surface area contributed by atoms with Crippen molar-refractivity contribution in [2.75, 3.05) is 4.90 Å². The monoisotopic (exact) mass is 656 g/mol. The van der Waals surface area contributed by atoms with Crippen LogP contribution in [-0.2, 0) is 0 Å². The number of hydrogen-bond acceptors (Lipinski definition) is 3. The second-order valence-corrected chi connectivity index (χ2v) is 14.0. The van der Waals surface area contributed by atoms with Gasteiger partial charge in [0, 0.05) is 69.6 Å². The van der Waals surface area contributed by atoms with E-state index in [4.69, 9.17) is 4.42 Å². The zero-order valence-corrected chi connectivity index (χ0v) is 27.7. The van der Waals surface area contributed by atoms with Crippen LogP contribution in [0.15, 0.2) is 174 Å². The van der Waals surface area contributed by atoms with E-state index in [1.54, 1.807) is 0 Å². The summed E-state index contributed by atoms with van der Waals surface area (Å²) in [6, 6.07) is 61.4. The van der Waals surface area contributed by atoms with Gasteiger partial charge in [-0.15, -0.1) is 11.3 Å². The third-order valence-electron chi connectivity index (χ3n) is 10.2. The highest BCUT2D eigenvalue weighted by Gasteiger charge is 2.22. The van der Waals surface area contributed by atoms with Crippen LogP contribution in [0.3, 0.4) is 0 Å². The highest BCUT2D eigenvalue weighted by molar-refractivity contribution is 7.25. The van der Waals surface area contributed by atoms with Crippen molar-refractivity contribution in [3.8, 4) is 5.69 Å². The van der Waals surface area contributed by atoms with E-state index in [9.17, 15) is 0 Å². The van der Waals surface area contributed by atoms with Crippen LogP contribution in [0.5, 0.6) is 0 Å². The van der Waals surface area contributed by atoms with Gasteiger partial charge in [0.1, 0.15) is 11.2 Å². The van der Waals surface area contributed by atoms with Gasteiger partial charge >= 0.3 is 0 Å². The molecule has 50 heavy (non-hydrogen) atoms. The van der Waals surface area contributed by atoms with E-state index in [0.29, 0.717) is 0 Å². The summed E-state index contributed by atoms with van der Waals surface area (Å²) in [6.45, 7) is 0. The molecule has 0 fully saturated rings. The summed E-state index contributed by atoms with van der Waals surface area (Å²) in [7, 11) is 0. The van der Waals surface area contributed by atoms with Crippen molar-refractivity contribution in [1.29, 1.82) is 0 Å². The predicted octanol–water partition coefficient (Wildman–Crippen LogP) is 13.7. The van der Waals surface area contributed by atoms with Crippen molar-refractivity contribution in [1.82, 2.24) is 4.57 Å². The van der Waals surface area contributed by atoms with Gasteiger partial charge in [0.05, 0.1) is 16.7 Å². The molecule has 8 aromatic carbocycles. The topological polar surface area (TPSA) is 21.3 Å². The van der Waals surface area contributed by atoms with E-state index in [2.05, 4.69) is 173 Å². The summed E-state index contributed by atoms with van der Waals surface area (Å²) in [5, 5.41) is 9.48. The Hall–Kier alpha value is -6.36. The maximum Gasteiger partial charge on any atom is 0.143 e. The van der Waals surface area contributed by atoms with Gasteiger partial charge in [0.15, 0.2) is 0 Å². The quantitative estimate of drug-likeness (QED) is 0.188. The molecule has 0 atom stereocenters. The van der Waals surface area contributed by atoms with Gasteiger partial charge in [-0.3, -0.25) is 0 Å². The fourth-order valence-corrected chi connectivity index (χ4v) is 9.03. The number of rotatable bonds is 4. The molecule has 0 aliphatic rings. The standard InChI is InChI=1S/C46H28N2OS/c1-2-12-29(13-3-1)48-40-19-9-6-15-33(40)37-26-30(22-24-41(37)48)47(31-23-25-45-38(27-31)35-17-8-11-21-44(35)50-45)42-28-39-34-16-7-10-20-43(34)49-46(39)36-18-5-4-14-32(36)42/h1-28H.